The molecule has 24 heavy (non-hydrogen) atoms. The van der Waals surface area contributed by atoms with E-state index >= 15 is 0 Å². The molecule has 2 aromatic carbocycles. The second-order valence-corrected chi connectivity index (χ2v) is 6.49. The molecule has 1 aromatic heterocycles. The van der Waals surface area contributed by atoms with Gasteiger partial charge < -0.3 is 14.8 Å². The van der Waals surface area contributed by atoms with Gasteiger partial charge in [0.2, 0.25) is 0 Å². The SMILES string of the molecule is C[C@](O)(CCO)Cn1ccc(-c2ccc(-c3ccccc3)cc2)c1. The number of rotatable bonds is 6. The molecular weight excluding hydrogens is 298 g/mol. The highest BCUT2D eigenvalue weighted by Gasteiger charge is 2.20. The van der Waals surface area contributed by atoms with Gasteiger partial charge in [-0.25, -0.2) is 0 Å². The van der Waals surface area contributed by atoms with E-state index in [1.165, 1.54) is 11.1 Å². The first kappa shape index (κ1) is 16.5. The number of hydrogen-bond acceptors (Lipinski definition) is 2. The van der Waals surface area contributed by atoms with Crippen LogP contribution >= 0.6 is 0 Å². The molecule has 3 heteroatoms. The Morgan fingerprint density at radius 2 is 1.42 bits per heavy atom. The van der Waals surface area contributed by atoms with Gasteiger partial charge in [0.25, 0.3) is 0 Å². The molecule has 0 amide bonds. The summed E-state index contributed by atoms with van der Waals surface area (Å²) < 4.78 is 1.97. The average molecular weight is 321 g/mol. The fourth-order valence-electron chi connectivity index (χ4n) is 2.91. The Morgan fingerprint density at radius 1 is 0.833 bits per heavy atom. The van der Waals surface area contributed by atoms with Crippen molar-refractivity contribution in [2.24, 2.45) is 0 Å². The third-order valence-corrected chi connectivity index (χ3v) is 4.25. The van der Waals surface area contributed by atoms with E-state index in [0.29, 0.717) is 13.0 Å². The van der Waals surface area contributed by atoms with Crippen LogP contribution in [0.1, 0.15) is 13.3 Å². The molecule has 0 unspecified atom stereocenters. The predicted octanol–water partition coefficient (Wildman–Crippen LogP) is 3.96. The lowest BCUT2D eigenvalue weighted by Crippen LogP contribution is -2.31. The molecular formula is C21H23NO2. The van der Waals surface area contributed by atoms with Crippen molar-refractivity contribution in [1.82, 2.24) is 4.57 Å². The van der Waals surface area contributed by atoms with Gasteiger partial charge in [-0.05, 0) is 35.2 Å². The van der Waals surface area contributed by atoms with Crippen molar-refractivity contribution < 1.29 is 10.2 Å². The standard InChI is InChI=1S/C21H23NO2/c1-21(24,12-14-23)16-22-13-11-20(15-22)19-9-7-18(8-10-19)17-5-3-2-4-6-17/h2-11,13,15,23-24H,12,14,16H2,1H3/t21-/m0/s1. The number of aromatic nitrogens is 1. The van der Waals surface area contributed by atoms with Crippen LogP contribution in [0.4, 0.5) is 0 Å². The molecule has 0 saturated carbocycles. The van der Waals surface area contributed by atoms with Crippen LogP contribution in [0.25, 0.3) is 22.3 Å². The summed E-state index contributed by atoms with van der Waals surface area (Å²) in [5.41, 5.74) is 3.78. The molecule has 124 valence electrons. The van der Waals surface area contributed by atoms with E-state index in [1.807, 2.05) is 41.2 Å². The van der Waals surface area contributed by atoms with Crippen molar-refractivity contribution in [2.45, 2.75) is 25.5 Å². The lowest BCUT2D eigenvalue weighted by Gasteiger charge is -2.22. The molecule has 0 radical (unpaired) electrons. The zero-order valence-corrected chi connectivity index (χ0v) is 13.9. The molecule has 3 aromatic rings. The van der Waals surface area contributed by atoms with Crippen molar-refractivity contribution in [1.29, 1.82) is 0 Å². The van der Waals surface area contributed by atoms with Gasteiger partial charge in [-0.1, -0.05) is 54.6 Å². The minimum absolute atomic E-state index is 0.0118. The van der Waals surface area contributed by atoms with Gasteiger partial charge in [-0.2, -0.15) is 0 Å². The van der Waals surface area contributed by atoms with Crippen molar-refractivity contribution in [3.63, 3.8) is 0 Å². The van der Waals surface area contributed by atoms with E-state index in [9.17, 15) is 5.11 Å². The van der Waals surface area contributed by atoms with Gasteiger partial charge in [0, 0.05) is 25.4 Å². The van der Waals surface area contributed by atoms with E-state index in [1.54, 1.807) is 6.92 Å². The number of aliphatic hydroxyl groups excluding tert-OH is 1. The van der Waals surface area contributed by atoms with Crippen LogP contribution in [0, 0.1) is 0 Å². The molecule has 0 aliphatic heterocycles. The van der Waals surface area contributed by atoms with Crippen molar-refractivity contribution in [3.8, 4) is 22.3 Å². The Kier molecular flexibility index (Phi) is 4.84. The molecule has 1 atom stereocenters. The van der Waals surface area contributed by atoms with Gasteiger partial charge in [0.05, 0.1) is 12.1 Å². The van der Waals surface area contributed by atoms with Crippen LogP contribution in [-0.4, -0.2) is 27.0 Å². The molecule has 0 bridgehead atoms. The Labute approximate surface area is 142 Å². The fourth-order valence-corrected chi connectivity index (χ4v) is 2.91. The first-order valence-electron chi connectivity index (χ1n) is 8.22. The second kappa shape index (κ2) is 7.04. The molecule has 0 saturated heterocycles. The first-order valence-corrected chi connectivity index (χ1v) is 8.22. The van der Waals surface area contributed by atoms with Gasteiger partial charge in [0.1, 0.15) is 0 Å². The van der Waals surface area contributed by atoms with Crippen molar-refractivity contribution in [3.05, 3.63) is 73.1 Å². The maximum Gasteiger partial charge on any atom is 0.0819 e. The Bertz CT molecular complexity index is 773. The Balaban J connectivity index is 1.76. The van der Waals surface area contributed by atoms with Crippen LogP contribution < -0.4 is 0 Å². The second-order valence-electron chi connectivity index (χ2n) is 6.49. The zero-order chi connectivity index (χ0) is 17.0. The molecule has 3 rings (SSSR count). The molecule has 0 aliphatic carbocycles. The molecule has 0 fully saturated rings. The smallest absolute Gasteiger partial charge is 0.0819 e. The topological polar surface area (TPSA) is 45.4 Å². The minimum Gasteiger partial charge on any atom is -0.396 e. The summed E-state index contributed by atoms with van der Waals surface area (Å²) in [5.74, 6) is 0. The highest BCUT2D eigenvalue weighted by atomic mass is 16.3. The summed E-state index contributed by atoms with van der Waals surface area (Å²) in [5, 5.41) is 19.2. The number of nitrogens with zero attached hydrogens (tertiary/aromatic N) is 1. The summed E-state index contributed by atoms with van der Waals surface area (Å²) in [7, 11) is 0. The quantitative estimate of drug-likeness (QED) is 0.722. The van der Waals surface area contributed by atoms with Crippen LogP contribution in [0.15, 0.2) is 73.1 Å². The first-order chi connectivity index (χ1) is 11.6. The largest absolute Gasteiger partial charge is 0.396 e. The van der Waals surface area contributed by atoms with E-state index in [4.69, 9.17) is 5.11 Å². The highest BCUT2D eigenvalue weighted by molar-refractivity contribution is 5.70. The number of hydrogen-bond donors (Lipinski definition) is 2. The van der Waals surface area contributed by atoms with Crippen LogP contribution in [-0.2, 0) is 6.54 Å². The van der Waals surface area contributed by atoms with Crippen LogP contribution in [0.5, 0.6) is 0 Å². The Hall–Kier alpha value is -2.36. The summed E-state index contributed by atoms with van der Waals surface area (Å²) >= 11 is 0. The van der Waals surface area contributed by atoms with Crippen molar-refractivity contribution >= 4 is 0 Å². The molecule has 1 heterocycles. The van der Waals surface area contributed by atoms with Gasteiger partial charge in [-0.3, -0.25) is 0 Å². The van der Waals surface area contributed by atoms with Gasteiger partial charge in [0.15, 0.2) is 0 Å². The molecule has 3 nitrogen and oxygen atoms in total. The average Bonchev–Trinajstić information content (AvgIpc) is 3.03. The van der Waals surface area contributed by atoms with E-state index in [-0.39, 0.29) is 6.61 Å². The zero-order valence-electron chi connectivity index (χ0n) is 13.9. The fraction of sp³-hybridized carbons (Fsp3) is 0.238. The summed E-state index contributed by atoms with van der Waals surface area (Å²) in [6.07, 6.45) is 4.36. The number of benzene rings is 2. The van der Waals surface area contributed by atoms with E-state index in [0.717, 1.165) is 11.1 Å². The van der Waals surface area contributed by atoms with Gasteiger partial charge in [-0.15, -0.1) is 0 Å². The lowest BCUT2D eigenvalue weighted by molar-refractivity contribution is 0.0177. The molecule has 0 spiro atoms. The molecule has 0 aliphatic rings. The van der Waals surface area contributed by atoms with E-state index in [2.05, 4.69) is 36.4 Å². The summed E-state index contributed by atoms with van der Waals surface area (Å²) in [4.78, 5) is 0. The van der Waals surface area contributed by atoms with Crippen molar-refractivity contribution in [2.75, 3.05) is 6.61 Å². The van der Waals surface area contributed by atoms with Crippen LogP contribution in [0.2, 0.25) is 0 Å². The third kappa shape index (κ3) is 3.94. The van der Waals surface area contributed by atoms with Crippen LogP contribution in [0.3, 0.4) is 0 Å². The van der Waals surface area contributed by atoms with Gasteiger partial charge >= 0.3 is 0 Å². The maximum atomic E-state index is 10.2. The monoisotopic (exact) mass is 321 g/mol. The Morgan fingerprint density at radius 3 is 2.04 bits per heavy atom. The number of aliphatic hydroxyl groups is 2. The summed E-state index contributed by atoms with van der Waals surface area (Å²) in [6.45, 7) is 2.20. The third-order valence-electron chi connectivity index (χ3n) is 4.25. The predicted molar refractivity (Wildman–Crippen MR) is 97.6 cm³/mol. The summed E-state index contributed by atoms with van der Waals surface area (Å²) in [6, 6.07) is 20.9. The minimum atomic E-state index is -0.901. The maximum absolute atomic E-state index is 10.2. The van der Waals surface area contributed by atoms with E-state index < -0.39 is 5.60 Å². The molecule has 2 N–H and O–H groups in total. The normalized spacial score (nSPS) is 13.6. The lowest BCUT2D eigenvalue weighted by atomic mass is 10.0. The highest BCUT2D eigenvalue weighted by Crippen LogP contribution is 2.25.